The molecule has 0 aromatic heterocycles. The van der Waals surface area contributed by atoms with Gasteiger partial charge in [0.2, 0.25) is 10.0 Å². The highest BCUT2D eigenvalue weighted by Gasteiger charge is 2.27. The van der Waals surface area contributed by atoms with E-state index < -0.39 is 10.0 Å². The van der Waals surface area contributed by atoms with Gasteiger partial charge in [-0.15, -0.1) is 0 Å². The Balaban J connectivity index is 2.36. The van der Waals surface area contributed by atoms with Gasteiger partial charge in [-0.05, 0) is 19.1 Å². The van der Waals surface area contributed by atoms with E-state index in [9.17, 15) is 8.42 Å². The minimum absolute atomic E-state index is 0.00386. The Bertz CT molecular complexity index is 547. The molecule has 106 valence electrons. The molecule has 0 bridgehead atoms. The summed E-state index contributed by atoms with van der Waals surface area (Å²) >= 11 is 0. The van der Waals surface area contributed by atoms with Gasteiger partial charge < -0.3 is 15.4 Å². The van der Waals surface area contributed by atoms with Crippen molar-refractivity contribution in [3.8, 4) is 0 Å². The summed E-state index contributed by atoms with van der Waals surface area (Å²) in [6.07, 6.45) is -0.104. The molecule has 2 unspecified atom stereocenters. The molecule has 0 amide bonds. The van der Waals surface area contributed by atoms with E-state index in [1.54, 1.807) is 18.2 Å². The van der Waals surface area contributed by atoms with E-state index in [-0.39, 0.29) is 17.1 Å². The molecular formula is C12H19N3O3S. The van der Waals surface area contributed by atoms with Gasteiger partial charge in [-0.3, -0.25) is 0 Å². The summed E-state index contributed by atoms with van der Waals surface area (Å²) in [7, 11) is -3.74. The average molecular weight is 285 g/mol. The molecule has 0 spiro atoms. The van der Waals surface area contributed by atoms with Crippen molar-refractivity contribution >= 4 is 15.7 Å². The molecule has 1 aromatic rings. The van der Waals surface area contributed by atoms with E-state index in [0.29, 0.717) is 25.3 Å². The maximum absolute atomic E-state index is 11.6. The highest BCUT2D eigenvalue weighted by molar-refractivity contribution is 7.89. The van der Waals surface area contributed by atoms with Gasteiger partial charge in [0.15, 0.2) is 0 Å². The zero-order chi connectivity index (χ0) is 14.0. The van der Waals surface area contributed by atoms with Crippen LogP contribution in [0.1, 0.15) is 6.92 Å². The van der Waals surface area contributed by atoms with E-state index in [2.05, 4.69) is 0 Å². The number of hydrogen-bond donors (Lipinski definition) is 2. The molecular weight excluding hydrogens is 266 g/mol. The quantitative estimate of drug-likeness (QED) is 0.807. The predicted octanol–water partition coefficient (Wildman–Crippen LogP) is -0.114. The van der Waals surface area contributed by atoms with Gasteiger partial charge in [-0.1, -0.05) is 12.1 Å². The Morgan fingerprint density at radius 2 is 2.05 bits per heavy atom. The van der Waals surface area contributed by atoms with E-state index >= 15 is 0 Å². The van der Waals surface area contributed by atoms with Gasteiger partial charge >= 0.3 is 0 Å². The first-order valence-corrected chi connectivity index (χ1v) is 7.68. The molecule has 0 aliphatic carbocycles. The fraction of sp³-hybridized carbons (Fsp3) is 0.500. The average Bonchev–Trinajstić information content (AvgIpc) is 2.37. The smallest absolute Gasteiger partial charge is 0.240 e. The second-order valence-electron chi connectivity index (χ2n) is 4.72. The number of para-hydroxylation sites is 1. The van der Waals surface area contributed by atoms with Gasteiger partial charge in [-0.2, -0.15) is 0 Å². The van der Waals surface area contributed by atoms with Crippen LogP contribution in [0, 0.1) is 0 Å². The molecule has 19 heavy (non-hydrogen) atoms. The largest absolute Gasteiger partial charge is 0.370 e. The Kier molecular flexibility index (Phi) is 4.10. The maximum Gasteiger partial charge on any atom is 0.240 e. The molecule has 2 rings (SSSR count). The van der Waals surface area contributed by atoms with Crippen molar-refractivity contribution in [3.05, 3.63) is 24.3 Å². The molecule has 0 radical (unpaired) electrons. The van der Waals surface area contributed by atoms with Crippen LogP contribution in [0.15, 0.2) is 29.2 Å². The van der Waals surface area contributed by atoms with Crippen LogP contribution in [0.25, 0.3) is 0 Å². The third-order valence-electron chi connectivity index (χ3n) is 3.10. The number of ether oxygens (including phenoxy) is 1. The van der Waals surface area contributed by atoms with Crippen molar-refractivity contribution in [2.45, 2.75) is 24.0 Å². The minimum Gasteiger partial charge on any atom is -0.370 e. The van der Waals surface area contributed by atoms with Crippen LogP contribution in [0.3, 0.4) is 0 Å². The van der Waals surface area contributed by atoms with Crippen molar-refractivity contribution < 1.29 is 13.2 Å². The summed E-state index contributed by atoms with van der Waals surface area (Å²) in [4.78, 5) is 2.10. The lowest BCUT2D eigenvalue weighted by atomic mass is 10.2. The van der Waals surface area contributed by atoms with Crippen LogP contribution in [0.5, 0.6) is 0 Å². The Morgan fingerprint density at radius 1 is 1.37 bits per heavy atom. The first-order valence-electron chi connectivity index (χ1n) is 6.14. The molecule has 1 aliphatic heterocycles. The monoisotopic (exact) mass is 285 g/mol. The molecule has 1 fully saturated rings. The van der Waals surface area contributed by atoms with E-state index in [0.717, 1.165) is 0 Å². The first kappa shape index (κ1) is 14.3. The van der Waals surface area contributed by atoms with E-state index in [1.165, 1.54) is 6.07 Å². The standard InChI is InChI=1S/C12H19N3O3S/c1-9-7-15(8-10(6-13)18-9)11-4-2-3-5-12(11)19(14,16)17/h2-5,9-10H,6-8,13H2,1H3,(H2,14,16,17). The van der Waals surface area contributed by atoms with Crippen LogP contribution in [-0.2, 0) is 14.8 Å². The molecule has 1 saturated heterocycles. The highest BCUT2D eigenvalue weighted by Crippen LogP contribution is 2.26. The van der Waals surface area contributed by atoms with Crippen LogP contribution >= 0.6 is 0 Å². The van der Waals surface area contributed by atoms with E-state index in [4.69, 9.17) is 15.6 Å². The van der Waals surface area contributed by atoms with Crippen molar-refractivity contribution in [2.24, 2.45) is 10.9 Å². The number of sulfonamides is 1. The third-order valence-corrected chi connectivity index (χ3v) is 4.06. The maximum atomic E-state index is 11.6. The van der Waals surface area contributed by atoms with Crippen molar-refractivity contribution in [3.63, 3.8) is 0 Å². The third kappa shape index (κ3) is 3.24. The molecule has 7 heteroatoms. The highest BCUT2D eigenvalue weighted by atomic mass is 32.2. The summed E-state index contributed by atoms with van der Waals surface area (Å²) in [5.74, 6) is 0. The van der Waals surface area contributed by atoms with Gasteiger partial charge in [-0.25, -0.2) is 13.6 Å². The Morgan fingerprint density at radius 3 is 2.68 bits per heavy atom. The van der Waals surface area contributed by atoms with Gasteiger partial charge in [0.25, 0.3) is 0 Å². The lowest BCUT2D eigenvalue weighted by Crippen LogP contribution is -2.49. The zero-order valence-electron chi connectivity index (χ0n) is 10.8. The molecule has 0 saturated carbocycles. The predicted molar refractivity (Wildman–Crippen MR) is 73.4 cm³/mol. The number of nitrogens with zero attached hydrogens (tertiary/aromatic N) is 1. The van der Waals surface area contributed by atoms with E-state index in [1.807, 2.05) is 11.8 Å². The van der Waals surface area contributed by atoms with Crippen LogP contribution in [0.2, 0.25) is 0 Å². The number of anilines is 1. The lowest BCUT2D eigenvalue weighted by Gasteiger charge is -2.38. The van der Waals surface area contributed by atoms with Crippen LogP contribution < -0.4 is 15.8 Å². The number of morpholine rings is 1. The van der Waals surface area contributed by atoms with Crippen molar-refractivity contribution in [2.75, 3.05) is 24.5 Å². The number of nitrogens with two attached hydrogens (primary N) is 2. The van der Waals surface area contributed by atoms with Gasteiger partial charge in [0.1, 0.15) is 4.90 Å². The van der Waals surface area contributed by atoms with Crippen molar-refractivity contribution in [1.29, 1.82) is 0 Å². The fourth-order valence-electron chi connectivity index (χ4n) is 2.33. The Hall–Kier alpha value is -1.15. The van der Waals surface area contributed by atoms with Gasteiger partial charge in [0, 0.05) is 19.6 Å². The topological polar surface area (TPSA) is 98.7 Å². The Labute approximate surface area is 113 Å². The second-order valence-corrected chi connectivity index (χ2v) is 6.25. The van der Waals surface area contributed by atoms with Crippen molar-refractivity contribution in [1.82, 2.24) is 0 Å². The molecule has 6 nitrogen and oxygen atoms in total. The number of rotatable bonds is 3. The summed E-state index contributed by atoms with van der Waals surface area (Å²) in [6, 6.07) is 6.72. The summed E-state index contributed by atoms with van der Waals surface area (Å²) in [5.41, 5.74) is 6.24. The number of hydrogen-bond acceptors (Lipinski definition) is 5. The fourth-order valence-corrected chi connectivity index (χ4v) is 3.09. The molecule has 2 atom stereocenters. The minimum atomic E-state index is -3.74. The van der Waals surface area contributed by atoms with Gasteiger partial charge in [0.05, 0.1) is 17.9 Å². The summed E-state index contributed by atoms with van der Waals surface area (Å²) in [6.45, 7) is 3.52. The number of primary sulfonamides is 1. The molecule has 1 aromatic carbocycles. The van der Waals surface area contributed by atoms with Crippen LogP contribution in [-0.4, -0.2) is 40.3 Å². The molecule has 4 N–H and O–H groups in total. The first-order chi connectivity index (χ1) is 8.91. The normalized spacial score (nSPS) is 24.5. The SMILES string of the molecule is CC1CN(c2ccccc2S(N)(=O)=O)CC(CN)O1. The van der Waals surface area contributed by atoms with Crippen LogP contribution in [0.4, 0.5) is 5.69 Å². The number of benzene rings is 1. The zero-order valence-corrected chi connectivity index (χ0v) is 11.6. The molecule has 1 aliphatic rings. The summed E-state index contributed by atoms with van der Waals surface area (Å²) < 4.78 is 28.9. The molecule has 1 heterocycles. The summed E-state index contributed by atoms with van der Waals surface area (Å²) in [5, 5.41) is 5.26. The second kappa shape index (κ2) is 5.46. The lowest BCUT2D eigenvalue weighted by molar-refractivity contribution is -0.0106.